The lowest BCUT2D eigenvalue weighted by Crippen LogP contribution is -2.36. The van der Waals surface area contributed by atoms with E-state index in [2.05, 4.69) is 29.2 Å². The molecule has 0 spiro atoms. The Balaban J connectivity index is 1.73. The fourth-order valence-electron chi connectivity index (χ4n) is 2.74. The van der Waals surface area contributed by atoms with Crippen molar-refractivity contribution in [3.05, 3.63) is 58.3 Å². The molecule has 0 aliphatic carbocycles. The van der Waals surface area contributed by atoms with Gasteiger partial charge in [0.15, 0.2) is 0 Å². The third-order valence-electron chi connectivity index (χ3n) is 3.68. The first-order valence-electron chi connectivity index (χ1n) is 6.73. The zero-order valence-electron chi connectivity index (χ0n) is 10.8. The maximum absolute atomic E-state index is 12.4. The van der Waals surface area contributed by atoms with Gasteiger partial charge >= 0.3 is 0 Å². The molecule has 1 saturated heterocycles. The van der Waals surface area contributed by atoms with Crippen molar-refractivity contribution < 1.29 is 4.79 Å². The van der Waals surface area contributed by atoms with E-state index in [-0.39, 0.29) is 5.91 Å². The predicted octanol–water partition coefficient (Wildman–Crippen LogP) is 3.60. The Labute approximate surface area is 117 Å². The smallest absolute Gasteiger partial charge is 0.264 e. The van der Waals surface area contributed by atoms with Gasteiger partial charge in [-0.3, -0.25) is 4.79 Å². The summed E-state index contributed by atoms with van der Waals surface area (Å²) in [5.41, 5.74) is 1.32. The van der Waals surface area contributed by atoms with Crippen LogP contribution in [0.2, 0.25) is 0 Å². The van der Waals surface area contributed by atoms with E-state index in [4.69, 9.17) is 0 Å². The molecule has 98 valence electrons. The second-order valence-electron chi connectivity index (χ2n) is 4.96. The Hall–Kier alpha value is -1.61. The molecule has 0 saturated carbocycles. The topological polar surface area (TPSA) is 20.3 Å². The molecular weight excluding hydrogens is 254 g/mol. The number of nitrogens with zero attached hydrogens (tertiary/aromatic N) is 1. The van der Waals surface area contributed by atoms with E-state index in [0.717, 1.165) is 30.7 Å². The number of amides is 1. The Kier molecular flexibility index (Phi) is 3.65. The summed E-state index contributed by atoms with van der Waals surface area (Å²) in [4.78, 5) is 15.4. The minimum Gasteiger partial charge on any atom is -0.335 e. The summed E-state index contributed by atoms with van der Waals surface area (Å²) in [6.07, 6.45) is 3.21. The number of hydrogen-bond acceptors (Lipinski definition) is 2. The lowest BCUT2D eigenvalue weighted by Gasteiger charge is -2.24. The van der Waals surface area contributed by atoms with Crippen LogP contribution in [0.25, 0.3) is 0 Å². The SMILES string of the molecule is O=C(c1cccs1)N1CCCC1Cc1ccccc1. The third kappa shape index (κ3) is 2.71. The fraction of sp³-hybridized carbons (Fsp3) is 0.312. The van der Waals surface area contributed by atoms with Gasteiger partial charge in [0.1, 0.15) is 0 Å². The van der Waals surface area contributed by atoms with E-state index in [1.807, 2.05) is 23.6 Å². The Morgan fingerprint density at radius 3 is 2.79 bits per heavy atom. The van der Waals surface area contributed by atoms with Gasteiger partial charge in [-0.05, 0) is 36.3 Å². The van der Waals surface area contributed by atoms with Crippen molar-refractivity contribution >= 4 is 17.2 Å². The van der Waals surface area contributed by atoms with Gasteiger partial charge in [-0.15, -0.1) is 11.3 Å². The first kappa shape index (κ1) is 12.4. The summed E-state index contributed by atoms with van der Waals surface area (Å²) in [5.74, 6) is 0.202. The van der Waals surface area contributed by atoms with E-state index in [1.165, 1.54) is 16.9 Å². The highest BCUT2D eigenvalue weighted by molar-refractivity contribution is 7.12. The first-order chi connectivity index (χ1) is 9.34. The summed E-state index contributed by atoms with van der Waals surface area (Å²) >= 11 is 1.54. The van der Waals surface area contributed by atoms with Crippen LogP contribution in [0.15, 0.2) is 47.8 Å². The quantitative estimate of drug-likeness (QED) is 0.835. The molecule has 1 amide bonds. The molecule has 1 aromatic heterocycles. The first-order valence-corrected chi connectivity index (χ1v) is 7.61. The maximum atomic E-state index is 12.4. The zero-order chi connectivity index (χ0) is 13.1. The maximum Gasteiger partial charge on any atom is 0.264 e. The second kappa shape index (κ2) is 5.57. The zero-order valence-corrected chi connectivity index (χ0v) is 11.6. The fourth-order valence-corrected chi connectivity index (χ4v) is 3.42. The van der Waals surface area contributed by atoms with E-state index >= 15 is 0 Å². The number of carbonyl (C=O) groups is 1. The van der Waals surface area contributed by atoms with Crippen LogP contribution < -0.4 is 0 Å². The van der Waals surface area contributed by atoms with Crippen LogP contribution >= 0.6 is 11.3 Å². The van der Waals surface area contributed by atoms with Crippen molar-refractivity contribution in [2.75, 3.05) is 6.54 Å². The van der Waals surface area contributed by atoms with Gasteiger partial charge in [0.2, 0.25) is 0 Å². The molecule has 1 aliphatic rings. The van der Waals surface area contributed by atoms with Crippen molar-refractivity contribution in [2.45, 2.75) is 25.3 Å². The van der Waals surface area contributed by atoms with Crippen molar-refractivity contribution in [3.8, 4) is 0 Å². The molecule has 1 unspecified atom stereocenters. The van der Waals surface area contributed by atoms with Gasteiger partial charge in [-0.1, -0.05) is 36.4 Å². The molecule has 0 N–H and O–H groups in total. The number of hydrogen-bond donors (Lipinski definition) is 0. The second-order valence-corrected chi connectivity index (χ2v) is 5.91. The molecule has 19 heavy (non-hydrogen) atoms. The van der Waals surface area contributed by atoms with Crippen LogP contribution in [0.3, 0.4) is 0 Å². The van der Waals surface area contributed by atoms with Crippen LogP contribution in [0.1, 0.15) is 28.1 Å². The molecule has 2 nitrogen and oxygen atoms in total. The number of likely N-dealkylation sites (tertiary alicyclic amines) is 1. The number of thiophene rings is 1. The lowest BCUT2D eigenvalue weighted by atomic mass is 10.0. The standard InChI is InChI=1S/C16H17NOS/c18-16(15-9-5-11-19-15)17-10-4-8-14(17)12-13-6-2-1-3-7-13/h1-3,5-7,9,11,14H,4,8,10,12H2. The molecule has 1 aromatic carbocycles. The monoisotopic (exact) mass is 271 g/mol. The molecule has 3 heteroatoms. The van der Waals surface area contributed by atoms with Crippen LogP contribution in [0.5, 0.6) is 0 Å². The minimum absolute atomic E-state index is 0.202. The average molecular weight is 271 g/mol. The summed E-state index contributed by atoms with van der Waals surface area (Å²) < 4.78 is 0. The van der Waals surface area contributed by atoms with Crippen molar-refractivity contribution in [3.63, 3.8) is 0 Å². The van der Waals surface area contributed by atoms with Gasteiger partial charge in [0.25, 0.3) is 5.91 Å². The van der Waals surface area contributed by atoms with E-state index in [1.54, 1.807) is 0 Å². The van der Waals surface area contributed by atoms with Crippen LogP contribution in [0.4, 0.5) is 0 Å². The van der Waals surface area contributed by atoms with Gasteiger partial charge < -0.3 is 4.90 Å². The molecular formula is C16H17NOS. The van der Waals surface area contributed by atoms with Crippen molar-refractivity contribution in [1.29, 1.82) is 0 Å². The molecule has 0 radical (unpaired) electrons. The van der Waals surface area contributed by atoms with Crippen molar-refractivity contribution in [2.24, 2.45) is 0 Å². The Morgan fingerprint density at radius 2 is 2.05 bits per heavy atom. The van der Waals surface area contributed by atoms with E-state index in [9.17, 15) is 4.79 Å². The molecule has 3 rings (SSSR count). The molecule has 1 aliphatic heterocycles. The highest BCUT2D eigenvalue weighted by atomic mass is 32.1. The Bertz CT molecular complexity index is 535. The molecule has 1 fully saturated rings. The Morgan fingerprint density at radius 1 is 1.21 bits per heavy atom. The number of rotatable bonds is 3. The normalized spacial score (nSPS) is 18.7. The van der Waals surface area contributed by atoms with Gasteiger partial charge in [-0.2, -0.15) is 0 Å². The predicted molar refractivity (Wildman–Crippen MR) is 78.5 cm³/mol. The molecule has 0 bridgehead atoms. The van der Waals surface area contributed by atoms with E-state index in [0.29, 0.717) is 6.04 Å². The van der Waals surface area contributed by atoms with Crippen LogP contribution in [0, 0.1) is 0 Å². The average Bonchev–Trinajstić information content (AvgIpc) is 3.10. The number of carbonyl (C=O) groups excluding carboxylic acids is 1. The summed E-state index contributed by atoms with van der Waals surface area (Å²) in [6.45, 7) is 0.897. The largest absolute Gasteiger partial charge is 0.335 e. The summed E-state index contributed by atoms with van der Waals surface area (Å²) in [5, 5.41) is 1.97. The van der Waals surface area contributed by atoms with Crippen LogP contribution in [-0.4, -0.2) is 23.4 Å². The summed E-state index contributed by atoms with van der Waals surface area (Å²) in [6, 6.07) is 14.7. The van der Waals surface area contributed by atoms with Gasteiger partial charge in [0, 0.05) is 12.6 Å². The van der Waals surface area contributed by atoms with Crippen molar-refractivity contribution in [1.82, 2.24) is 4.90 Å². The molecule has 2 aromatic rings. The summed E-state index contributed by atoms with van der Waals surface area (Å²) in [7, 11) is 0. The third-order valence-corrected chi connectivity index (χ3v) is 4.54. The highest BCUT2D eigenvalue weighted by Gasteiger charge is 2.29. The van der Waals surface area contributed by atoms with Crippen LogP contribution in [-0.2, 0) is 6.42 Å². The lowest BCUT2D eigenvalue weighted by molar-refractivity contribution is 0.0741. The number of benzene rings is 1. The van der Waals surface area contributed by atoms with Gasteiger partial charge in [0.05, 0.1) is 4.88 Å². The molecule has 1 atom stereocenters. The molecule has 2 heterocycles. The van der Waals surface area contributed by atoms with Gasteiger partial charge in [-0.25, -0.2) is 0 Å². The van der Waals surface area contributed by atoms with E-state index < -0.39 is 0 Å². The highest BCUT2D eigenvalue weighted by Crippen LogP contribution is 2.24. The minimum atomic E-state index is 0.202.